The first-order valence-corrected chi connectivity index (χ1v) is 10.00. The van der Waals surface area contributed by atoms with Gasteiger partial charge in [-0.2, -0.15) is 4.39 Å². The van der Waals surface area contributed by atoms with Gasteiger partial charge in [-0.1, -0.05) is 35.9 Å². The van der Waals surface area contributed by atoms with Crippen LogP contribution >= 0.6 is 0 Å². The van der Waals surface area contributed by atoms with Gasteiger partial charge in [0.05, 0.1) is 5.56 Å². The van der Waals surface area contributed by atoms with Crippen LogP contribution in [0, 0.1) is 45.1 Å². The Morgan fingerprint density at radius 1 is 0.656 bits per heavy atom. The van der Waals surface area contributed by atoms with Crippen molar-refractivity contribution in [3.05, 3.63) is 106 Å². The van der Waals surface area contributed by atoms with E-state index < -0.39 is 17.7 Å². The molecule has 0 N–H and O–H groups in total. The monoisotopic (exact) mass is 438 g/mol. The minimum absolute atomic E-state index is 0.0108. The molecule has 0 atom stereocenters. The van der Waals surface area contributed by atoms with Crippen molar-refractivity contribution in [2.24, 2.45) is 0 Å². The normalized spacial score (nSPS) is 10.6. The Kier molecular flexibility index (Phi) is 6.78. The van der Waals surface area contributed by atoms with Crippen LogP contribution in [0.1, 0.15) is 32.6 Å². The SMILES string of the molecule is Cc1c(F)cc(-c2ccc3cc(F)ccc3c2)cc1F.Cc1cc(C)c(C(=O)F)c(C)c1. The molecule has 0 aliphatic carbocycles. The van der Waals surface area contributed by atoms with Gasteiger partial charge in [0.1, 0.15) is 17.5 Å². The third-order valence-electron chi connectivity index (χ3n) is 5.29. The van der Waals surface area contributed by atoms with E-state index in [1.165, 1.54) is 31.2 Å². The summed E-state index contributed by atoms with van der Waals surface area (Å²) in [7, 11) is 0. The summed E-state index contributed by atoms with van der Waals surface area (Å²) in [6, 6.07) is 14.6. The molecule has 0 aliphatic heterocycles. The largest absolute Gasteiger partial charge is 0.332 e. The third kappa shape index (κ3) is 5.05. The Morgan fingerprint density at radius 2 is 1.19 bits per heavy atom. The molecule has 32 heavy (non-hydrogen) atoms. The highest BCUT2D eigenvalue weighted by molar-refractivity contribution is 5.91. The summed E-state index contributed by atoms with van der Waals surface area (Å²) in [6.45, 7) is 6.81. The summed E-state index contributed by atoms with van der Waals surface area (Å²) in [4.78, 5) is 10.5. The number of fused-ring (bicyclic) bond motifs is 1. The molecule has 0 heterocycles. The maximum absolute atomic E-state index is 13.6. The molecule has 164 valence electrons. The lowest BCUT2D eigenvalue weighted by Gasteiger charge is -2.07. The van der Waals surface area contributed by atoms with Gasteiger partial charge in [-0.05, 0) is 91.1 Å². The molecule has 1 nitrogen and oxygen atoms in total. The number of benzene rings is 4. The van der Waals surface area contributed by atoms with E-state index in [0.717, 1.165) is 16.3 Å². The maximum atomic E-state index is 13.6. The number of carbonyl (C=O) groups is 1. The Bertz CT molecular complexity index is 1280. The van der Waals surface area contributed by atoms with E-state index in [-0.39, 0.29) is 16.9 Å². The van der Waals surface area contributed by atoms with Gasteiger partial charge in [0.25, 0.3) is 0 Å². The van der Waals surface area contributed by atoms with Crippen molar-refractivity contribution in [3.8, 4) is 11.1 Å². The number of carbonyl (C=O) groups excluding carboxylic acids is 1. The molecule has 0 aliphatic rings. The molecule has 0 amide bonds. The fraction of sp³-hybridized carbons (Fsp3) is 0.148. The highest BCUT2D eigenvalue weighted by atomic mass is 19.1. The molecule has 0 saturated heterocycles. The van der Waals surface area contributed by atoms with Crippen molar-refractivity contribution in [3.63, 3.8) is 0 Å². The van der Waals surface area contributed by atoms with Crippen molar-refractivity contribution >= 4 is 16.8 Å². The summed E-state index contributed by atoms with van der Waals surface area (Å²) in [5.41, 5.74) is 3.85. The highest BCUT2D eigenvalue weighted by Gasteiger charge is 2.11. The molecule has 0 radical (unpaired) electrons. The minimum Gasteiger partial charge on any atom is -0.255 e. The Labute approximate surface area is 184 Å². The first-order valence-electron chi connectivity index (χ1n) is 10.00. The van der Waals surface area contributed by atoms with E-state index in [1.807, 2.05) is 6.92 Å². The Balaban J connectivity index is 0.000000207. The van der Waals surface area contributed by atoms with Crippen molar-refractivity contribution in [1.82, 2.24) is 0 Å². The average Bonchev–Trinajstić information content (AvgIpc) is 2.70. The van der Waals surface area contributed by atoms with E-state index in [2.05, 4.69) is 0 Å². The molecule has 5 heteroatoms. The Morgan fingerprint density at radius 3 is 1.75 bits per heavy atom. The van der Waals surface area contributed by atoms with E-state index in [4.69, 9.17) is 0 Å². The molecule has 0 bridgehead atoms. The molecule has 0 spiro atoms. The molecule has 4 aromatic rings. The third-order valence-corrected chi connectivity index (χ3v) is 5.29. The number of hydrogen-bond acceptors (Lipinski definition) is 1. The van der Waals surface area contributed by atoms with E-state index in [9.17, 15) is 22.4 Å². The van der Waals surface area contributed by atoms with Crippen LogP contribution in [0.2, 0.25) is 0 Å². The molecule has 0 fully saturated rings. The maximum Gasteiger partial charge on any atom is 0.332 e. The smallest absolute Gasteiger partial charge is 0.255 e. The molecular formula is C27H22F4O. The molecule has 4 aromatic carbocycles. The summed E-state index contributed by atoms with van der Waals surface area (Å²) in [5.74, 6) is -1.45. The lowest BCUT2D eigenvalue weighted by Crippen LogP contribution is -1.98. The van der Waals surface area contributed by atoms with Crippen LogP contribution in [-0.4, -0.2) is 6.04 Å². The average molecular weight is 438 g/mol. The van der Waals surface area contributed by atoms with Crippen molar-refractivity contribution < 1.29 is 22.4 Å². The molecule has 0 aromatic heterocycles. The molecule has 4 rings (SSSR count). The van der Waals surface area contributed by atoms with E-state index in [1.54, 1.807) is 50.2 Å². The van der Waals surface area contributed by atoms with Crippen molar-refractivity contribution in [1.29, 1.82) is 0 Å². The Hall–Kier alpha value is -3.47. The van der Waals surface area contributed by atoms with Gasteiger partial charge in [0, 0.05) is 5.56 Å². The number of rotatable bonds is 2. The van der Waals surface area contributed by atoms with Gasteiger partial charge >= 0.3 is 6.04 Å². The van der Waals surface area contributed by atoms with Crippen LogP contribution in [0.25, 0.3) is 21.9 Å². The first-order chi connectivity index (χ1) is 15.1. The molecular weight excluding hydrogens is 416 g/mol. The fourth-order valence-electron chi connectivity index (χ4n) is 3.70. The predicted molar refractivity (Wildman–Crippen MR) is 120 cm³/mol. The second-order valence-electron chi connectivity index (χ2n) is 7.82. The lowest BCUT2D eigenvalue weighted by atomic mass is 10.00. The van der Waals surface area contributed by atoms with Gasteiger partial charge in [-0.25, -0.2) is 13.2 Å². The zero-order chi connectivity index (χ0) is 23.6. The standard InChI is InChI=1S/C17H11F3.C10H11FO/c1-10-16(19)8-14(9-17(10)20)12-2-3-13-7-15(18)5-4-11(13)6-12;1-6-4-7(2)9(10(11)12)8(3)5-6/h2-9H,1H3;4-5H,1-3H3. The van der Waals surface area contributed by atoms with Gasteiger partial charge in [-0.15, -0.1) is 0 Å². The first kappa shape index (κ1) is 23.2. The van der Waals surface area contributed by atoms with Gasteiger partial charge in [0.2, 0.25) is 0 Å². The zero-order valence-electron chi connectivity index (χ0n) is 18.2. The van der Waals surface area contributed by atoms with Crippen LogP contribution in [0.4, 0.5) is 17.6 Å². The van der Waals surface area contributed by atoms with Gasteiger partial charge in [0.15, 0.2) is 0 Å². The minimum atomic E-state index is -1.34. The van der Waals surface area contributed by atoms with Crippen LogP contribution in [0.15, 0.2) is 60.7 Å². The van der Waals surface area contributed by atoms with Crippen LogP contribution < -0.4 is 0 Å². The molecule has 0 saturated carbocycles. The zero-order valence-corrected chi connectivity index (χ0v) is 18.2. The van der Waals surface area contributed by atoms with E-state index in [0.29, 0.717) is 22.3 Å². The second-order valence-corrected chi connectivity index (χ2v) is 7.82. The summed E-state index contributed by atoms with van der Waals surface area (Å²) in [5, 5.41) is 1.58. The van der Waals surface area contributed by atoms with Crippen molar-refractivity contribution in [2.75, 3.05) is 0 Å². The number of aryl methyl sites for hydroxylation is 3. The van der Waals surface area contributed by atoms with E-state index >= 15 is 0 Å². The summed E-state index contributed by atoms with van der Waals surface area (Å²) >= 11 is 0. The van der Waals surface area contributed by atoms with Crippen LogP contribution in [-0.2, 0) is 0 Å². The van der Waals surface area contributed by atoms with Crippen molar-refractivity contribution in [2.45, 2.75) is 27.7 Å². The summed E-state index contributed by atoms with van der Waals surface area (Å²) in [6.07, 6.45) is 0. The fourth-order valence-corrected chi connectivity index (χ4v) is 3.70. The number of halogens is 4. The van der Waals surface area contributed by atoms with Crippen LogP contribution in [0.5, 0.6) is 0 Å². The highest BCUT2D eigenvalue weighted by Crippen LogP contribution is 2.27. The number of hydrogen-bond donors (Lipinski definition) is 0. The topological polar surface area (TPSA) is 17.1 Å². The summed E-state index contributed by atoms with van der Waals surface area (Å²) < 4.78 is 52.8. The van der Waals surface area contributed by atoms with Crippen LogP contribution in [0.3, 0.4) is 0 Å². The quantitative estimate of drug-likeness (QED) is 0.229. The second kappa shape index (κ2) is 9.35. The molecule has 0 unspecified atom stereocenters. The lowest BCUT2D eigenvalue weighted by molar-refractivity contribution is 0.0834. The predicted octanol–water partition coefficient (Wildman–Crippen LogP) is 7.95. The van der Waals surface area contributed by atoms with Gasteiger partial charge < -0.3 is 0 Å². The van der Waals surface area contributed by atoms with Gasteiger partial charge in [-0.3, -0.25) is 4.79 Å².